The first kappa shape index (κ1) is 16.7. The number of rotatable bonds is 7. The maximum absolute atomic E-state index is 13.2. The van der Waals surface area contributed by atoms with Crippen molar-refractivity contribution in [3.8, 4) is 11.5 Å². The molecule has 4 rings (SSSR count). The minimum Gasteiger partial charge on any atom is -0.469 e. The van der Waals surface area contributed by atoms with Gasteiger partial charge in [0, 0.05) is 12.5 Å². The van der Waals surface area contributed by atoms with Crippen molar-refractivity contribution in [1.82, 2.24) is 5.32 Å². The van der Waals surface area contributed by atoms with Crippen LogP contribution in [-0.4, -0.2) is 13.3 Å². The molecule has 0 fully saturated rings. The van der Waals surface area contributed by atoms with Gasteiger partial charge in [-0.15, -0.1) is 0 Å². The lowest BCUT2D eigenvalue weighted by Gasteiger charge is -2.16. The monoisotopic (exact) mass is 353 g/mol. The zero-order valence-corrected chi connectivity index (χ0v) is 14.3. The average molecular weight is 353 g/mol. The van der Waals surface area contributed by atoms with Gasteiger partial charge in [-0.3, -0.25) is 0 Å². The van der Waals surface area contributed by atoms with Crippen molar-refractivity contribution in [2.75, 3.05) is 13.3 Å². The molecule has 0 aliphatic carbocycles. The number of ether oxygens (including phenoxy) is 2. The van der Waals surface area contributed by atoms with Gasteiger partial charge in [-0.1, -0.05) is 18.2 Å². The van der Waals surface area contributed by atoms with E-state index in [1.807, 2.05) is 42.5 Å². The van der Waals surface area contributed by atoms with Crippen LogP contribution in [0.3, 0.4) is 0 Å². The first-order valence-electron chi connectivity index (χ1n) is 8.68. The molecule has 5 heteroatoms. The molecule has 1 N–H and O–H groups in total. The first-order chi connectivity index (χ1) is 12.8. The van der Waals surface area contributed by atoms with Gasteiger partial charge in [-0.2, -0.15) is 0 Å². The van der Waals surface area contributed by atoms with E-state index in [2.05, 4.69) is 5.32 Å². The fourth-order valence-electron chi connectivity index (χ4n) is 3.19. The van der Waals surface area contributed by atoms with E-state index >= 15 is 0 Å². The Morgan fingerprint density at radius 3 is 2.65 bits per heavy atom. The molecule has 1 atom stereocenters. The molecule has 1 aromatic heterocycles. The normalized spacial score (nSPS) is 13.7. The molecule has 2 heterocycles. The largest absolute Gasteiger partial charge is 0.469 e. The second-order valence-corrected chi connectivity index (χ2v) is 6.27. The lowest BCUT2D eigenvalue weighted by Crippen LogP contribution is -2.17. The highest BCUT2D eigenvalue weighted by molar-refractivity contribution is 5.44. The summed E-state index contributed by atoms with van der Waals surface area (Å²) >= 11 is 0. The van der Waals surface area contributed by atoms with Crippen LogP contribution in [0.2, 0.25) is 0 Å². The molecular formula is C21H20FNO3. The van der Waals surface area contributed by atoms with Crippen molar-refractivity contribution in [3.05, 3.63) is 83.6 Å². The summed E-state index contributed by atoms with van der Waals surface area (Å²) in [4.78, 5) is 0. The lowest BCUT2D eigenvalue weighted by molar-refractivity contribution is 0.174. The molecule has 0 saturated carbocycles. The Hall–Kier alpha value is -2.79. The zero-order chi connectivity index (χ0) is 17.8. The summed E-state index contributed by atoms with van der Waals surface area (Å²) in [6.45, 7) is 1.83. The molecule has 134 valence electrons. The van der Waals surface area contributed by atoms with Crippen molar-refractivity contribution in [1.29, 1.82) is 0 Å². The van der Waals surface area contributed by atoms with Crippen LogP contribution < -0.4 is 14.8 Å². The SMILES string of the molecule is Fc1ccc(C(CCNCc2ccc3c(c2)OCO3)c2ccco2)cc1. The molecule has 0 bridgehead atoms. The minimum atomic E-state index is -0.229. The van der Waals surface area contributed by atoms with Crippen LogP contribution in [0.1, 0.15) is 29.2 Å². The first-order valence-corrected chi connectivity index (χ1v) is 8.68. The molecule has 1 unspecified atom stereocenters. The Balaban J connectivity index is 1.37. The second-order valence-electron chi connectivity index (χ2n) is 6.27. The molecule has 2 aromatic carbocycles. The molecule has 4 nitrogen and oxygen atoms in total. The summed E-state index contributed by atoms with van der Waals surface area (Å²) in [5, 5.41) is 3.45. The van der Waals surface area contributed by atoms with E-state index in [0.717, 1.165) is 47.9 Å². The van der Waals surface area contributed by atoms with E-state index in [1.54, 1.807) is 6.26 Å². The minimum absolute atomic E-state index is 0.0925. The topological polar surface area (TPSA) is 43.6 Å². The van der Waals surface area contributed by atoms with Gasteiger partial charge in [-0.05, 0) is 60.5 Å². The number of furan rings is 1. The number of benzene rings is 2. The van der Waals surface area contributed by atoms with Crippen LogP contribution in [0.15, 0.2) is 65.3 Å². The molecule has 0 amide bonds. The van der Waals surface area contributed by atoms with Gasteiger partial charge in [0.25, 0.3) is 0 Å². The number of hydrogen-bond acceptors (Lipinski definition) is 4. The maximum atomic E-state index is 13.2. The van der Waals surface area contributed by atoms with E-state index in [0.29, 0.717) is 0 Å². The smallest absolute Gasteiger partial charge is 0.231 e. The average Bonchev–Trinajstić information content (AvgIpc) is 3.34. The van der Waals surface area contributed by atoms with Crippen LogP contribution in [0, 0.1) is 5.82 Å². The third-order valence-corrected chi connectivity index (χ3v) is 4.53. The van der Waals surface area contributed by atoms with Gasteiger partial charge in [-0.25, -0.2) is 4.39 Å². The van der Waals surface area contributed by atoms with Gasteiger partial charge in [0.1, 0.15) is 11.6 Å². The van der Waals surface area contributed by atoms with Crippen molar-refractivity contribution in [2.24, 2.45) is 0 Å². The zero-order valence-electron chi connectivity index (χ0n) is 14.3. The quantitative estimate of drug-likeness (QED) is 0.637. The van der Waals surface area contributed by atoms with Crippen LogP contribution in [0.5, 0.6) is 11.5 Å². The standard InChI is InChI=1S/C21H20FNO3/c22-17-6-4-16(5-7-17)18(19-2-1-11-24-19)9-10-23-13-15-3-8-20-21(12-15)26-14-25-20/h1-8,11-12,18,23H,9-10,13-14H2. The van der Waals surface area contributed by atoms with Gasteiger partial charge in [0.2, 0.25) is 6.79 Å². The number of halogens is 1. The van der Waals surface area contributed by atoms with E-state index in [9.17, 15) is 4.39 Å². The molecule has 3 aromatic rings. The Morgan fingerprint density at radius 2 is 1.85 bits per heavy atom. The molecule has 0 spiro atoms. The highest BCUT2D eigenvalue weighted by Crippen LogP contribution is 2.32. The third kappa shape index (κ3) is 3.73. The summed E-state index contributed by atoms with van der Waals surface area (Å²) < 4.78 is 29.6. The summed E-state index contributed by atoms with van der Waals surface area (Å²) in [5.74, 6) is 2.34. The highest BCUT2D eigenvalue weighted by Gasteiger charge is 2.17. The molecule has 1 aliphatic heterocycles. The van der Waals surface area contributed by atoms with Gasteiger partial charge < -0.3 is 19.2 Å². The number of nitrogens with one attached hydrogen (secondary N) is 1. The van der Waals surface area contributed by atoms with Gasteiger partial charge in [0.15, 0.2) is 11.5 Å². The molecule has 26 heavy (non-hydrogen) atoms. The van der Waals surface area contributed by atoms with Crippen LogP contribution >= 0.6 is 0 Å². The second kappa shape index (κ2) is 7.62. The summed E-state index contributed by atoms with van der Waals surface area (Å²) in [5.41, 5.74) is 2.19. The fraction of sp³-hybridized carbons (Fsp3) is 0.238. The molecule has 0 saturated heterocycles. The van der Waals surface area contributed by atoms with Crippen molar-refractivity contribution < 1.29 is 18.3 Å². The van der Waals surface area contributed by atoms with Crippen molar-refractivity contribution >= 4 is 0 Å². The molecule has 0 radical (unpaired) electrons. The molecular weight excluding hydrogens is 333 g/mol. The van der Waals surface area contributed by atoms with Crippen molar-refractivity contribution in [2.45, 2.75) is 18.9 Å². The summed E-state index contributed by atoms with van der Waals surface area (Å²) in [6.07, 6.45) is 2.52. The van der Waals surface area contributed by atoms with E-state index in [4.69, 9.17) is 13.9 Å². The summed E-state index contributed by atoms with van der Waals surface area (Å²) in [6, 6.07) is 16.4. The lowest BCUT2D eigenvalue weighted by atomic mass is 9.93. The van der Waals surface area contributed by atoms with Gasteiger partial charge in [0.05, 0.1) is 6.26 Å². The van der Waals surface area contributed by atoms with E-state index in [-0.39, 0.29) is 18.5 Å². The Bertz CT molecular complexity index is 846. The Kier molecular flexibility index (Phi) is 4.88. The van der Waals surface area contributed by atoms with Gasteiger partial charge >= 0.3 is 0 Å². The van der Waals surface area contributed by atoms with Crippen molar-refractivity contribution in [3.63, 3.8) is 0 Å². The number of fused-ring (bicyclic) bond motifs is 1. The summed E-state index contributed by atoms with van der Waals surface area (Å²) in [7, 11) is 0. The van der Waals surface area contributed by atoms with E-state index < -0.39 is 0 Å². The fourth-order valence-corrected chi connectivity index (χ4v) is 3.19. The van der Waals surface area contributed by atoms with Crippen LogP contribution in [0.4, 0.5) is 4.39 Å². The van der Waals surface area contributed by atoms with E-state index in [1.165, 1.54) is 12.1 Å². The predicted octanol–water partition coefficient (Wildman–Crippen LogP) is 4.46. The molecule has 1 aliphatic rings. The Morgan fingerprint density at radius 1 is 1.00 bits per heavy atom. The number of hydrogen-bond donors (Lipinski definition) is 1. The third-order valence-electron chi connectivity index (χ3n) is 4.53. The van der Waals surface area contributed by atoms with Crippen LogP contribution in [0.25, 0.3) is 0 Å². The predicted molar refractivity (Wildman–Crippen MR) is 95.8 cm³/mol. The Labute approximate surface area is 151 Å². The highest BCUT2D eigenvalue weighted by atomic mass is 19.1. The maximum Gasteiger partial charge on any atom is 0.231 e. The van der Waals surface area contributed by atoms with Crippen LogP contribution in [-0.2, 0) is 6.54 Å².